The van der Waals surface area contributed by atoms with Crippen LogP contribution < -0.4 is 20.1 Å². The smallest absolute Gasteiger partial charge is 0.262 e. The third kappa shape index (κ3) is 6.33. The summed E-state index contributed by atoms with van der Waals surface area (Å²) >= 11 is 0. The van der Waals surface area contributed by atoms with Gasteiger partial charge in [0.05, 0.1) is 4.90 Å². The van der Waals surface area contributed by atoms with Crippen molar-refractivity contribution in [3.63, 3.8) is 0 Å². The summed E-state index contributed by atoms with van der Waals surface area (Å²) in [5.41, 5.74) is 1.52. The Hall–Kier alpha value is -3.85. The number of para-hydroxylation sites is 1. The van der Waals surface area contributed by atoms with E-state index in [0.717, 1.165) is 12.8 Å². The van der Waals surface area contributed by atoms with Gasteiger partial charge in [-0.05, 0) is 61.4 Å². The third-order valence-corrected chi connectivity index (χ3v) is 6.29. The molecule has 1 aliphatic rings. The number of rotatable bonds is 9. The molecule has 170 valence electrons. The van der Waals surface area contributed by atoms with Crippen molar-refractivity contribution in [2.24, 2.45) is 5.92 Å². The minimum Gasteiger partial charge on any atom is -0.484 e. The lowest BCUT2D eigenvalue weighted by atomic mass is 10.3. The van der Waals surface area contributed by atoms with E-state index in [1.54, 1.807) is 54.6 Å². The predicted molar refractivity (Wildman–Crippen MR) is 126 cm³/mol. The molecule has 1 saturated carbocycles. The molecule has 0 heterocycles. The molecule has 3 aromatic carbocycles. The Morgan fingerprint density at radius 2 is 1.52 bits per heavy atom. The number of nitrogens with one attached hydrogen (secondary N) is 3. The first-order valence-corrected chi connectivity index (χ1v) is 11.9. The highest BCUT2D eigenvalue weighted by atomic mass is 32.2. The van der Waals surface area contributed by atoms with Gasteiger partial charge in [-0.3, -0.25) is 14.3 Å². The molecule has 0 aromatic heterocycles. The van der Waals surface area contributed by atoms with Crippen LogP contribution in [0, 0.1) is 5.92 Å². The van der Waals surface area contributed by atoms with Crippen molar-refractivity contribution >= 4 is 38.9 Å². The van der Waals surface area contributed by atoms with E-state index >= 15 is 0 Å². The molecule has 0 aliphatic heterocycles. The molecule has 0 radical (unpaired) electrons. The highest BCUT2D eigenvalue weighted by Crippen LogP contribution is 2.30. The molecular formula is C24H23N3O5S. The number of anilines is 3. The van der Waals surface area contributed by atoms with Crippen molar-refractivity contribution in [2.45, 2.75) is 17.7 Å². The summed E-state index contributed by atoms with van der Waals surface area (Å²) in [6.45, 7) is -0.240. The zero-order chi connectivity index (χ0) is 23.3. The first-order chi connectivity index (χ1) is 15.9. The van der Waals surface area contributed by atoms with E-state index in [2.05, 4.69) is 15.4 Å². The molecule has 3 aromatic rings. The maximum absolute atomic E-state index is 12.5. The second kappa shape index (κ2) is 9.74. The first-order valence-electron chi connectivity index (χ1n) is 10.4. The van der Waals surface area contributed by atoms with Gasteiger partial charge in [0.2, 0.25) is 5.91 Å². The zero-order valence-corrected chi connectivity index (χ0v) is 18.5. The van der Waals surface area contributed by atoms with E-state index in [1.165, 1.54) is 24.3 Å². The van der Waals surface area contributed by atoms with Gasteiger partial charge < -0.3 is 15.4 Å². The van der Waals surface area contributed by atoms with Gasteiger partial charge in [-0.1, -0.05) is 24.3 Å². The van der Waals surface area contributed by atoms with Crippen LogP contribution in [0.2, 0.25) is 0 Å². The van der Waals surface area contributed by atoms with E-state index in [9.17, 15) is 18.0 Å². The molecule has 9 heteroatoms. The minimum absolute atomic E-state index is 0.00526. The molecule has 0 spiro atoms. The summed E-state index contributed by atoms with van der Waals surface area (Å²) in [5, 5.41) is 5.49. The highest BCUT2D eigenvalue weighted by molar-refractivity contribution is 7.92. The lowest BCUT2D eigenvalue weighted by Gasteiger charge is -2.11. The van der Waals surface area contributed by atoms with Crippen LogP contribution in [0.4, 0.5) is 17.1 Å². The van der Waals surface area contributed by atoms with Crippen LogP contribution in [-0.2, 0) is 19.6 Å². The van der Waals surface area contributed by atoms with Crippen LogP contribution in [0.15, 0.2) is 83.8 Å². The average molecular weight is 466 g/mol. The Balaban J connectivity index is 1.29. The van der Waals surface area contributed by atoms with Gasteiger partial charge in [-0.25, -0.2) is 8.42 Å². The highest BCUT2D eigenvalue weighted by Gasteiger charge is 2.29. The molecule has 4 rings (SSSR count). The molecule has 0 unspecified atom stereocenters. The van der Waals surface area contributed by atoms with Crippen molar-refractivity contribution in [2.75, 3.05) is 22.0 Å². The monoisotopic (exact) mass is 465 g/mol. The Kier molecular flexibility index (Phi) is 6.60. The van der Waals surface area contributed by atoms with E-state index in [-0.39, 0.29) is 23.3 Å². The lowest BCUT2D eigenvalue weighted by molar-refractivity contribution is -0.118. The van der Waals surface area contributed by atoms with Gasteiger partial charge in [-0.15, -0.1) is 0 Å². The Morgan fingerprint density at radius 1 is 0.818 bits per heavy atom. The van der Waals surface area contributed by atoms with E-state index in [4.69, 9.17) is 4.74 Å². The maximum Gasteiger partial charge on any atom is 0.262 e. The van der Waals surface area contributed by atoms with E-state index in [0.29, 0.717) is 22.8 Å². The summed E-state index contributed by atoms with van der Waals surface area (Å²) < 4.78 is 33.0. The predicted octanol–water partition coefficient (Wildman–Crippen LogP) is 3.85. The molecule has 0 saturated heterocycles. The Bertz CT molecular complexity index is 1240. The maximum atomic E-state index is 12.5. The fraction of sp³-hybridized carbons (Fsp3) is 0.167. The SMILES string of the molecule is O=C(COc1cccc(NC(=O)C2CC2)c1)Nc1ccc(S(=O)(=O)Nc2ccccc2)cc1. The lowest BCUT2D eigenvalue weighted by Crippen LogP contribution is -2.20. The number of sulfonamides is 1. The number of hydrogen-bond acceptors (Lipinski definition) is 5. The molecule has 0 bridgehead atoms. The third-order valence-electron chi connectivity index (χ3n) is 4.89. The van der Waals surface area contributed by atoms with Gasteiger partial charge in [0.25, 0.3) is 15.9 Å². The van der Waals surface area contributed by atoms with Crippen molar-refractivity contribution < 1.29 is 22.7 Å². The summed E-state index contributed by atoms with van der Waals surface area (Å²) in [4.78, 5) is 24.2. The van der Waals surface area contributed by atoms with Crippen molar-refractivity contribution in [3.05, 3.63) is 78.9 Å². The quantitative estimate of drug-likeness (QED) is 0.444. The van der Waals surface area contributed by atoms with Crippen LogP contribution in [0.25, 0.3) is 0 Å². The summed E-state index contributed by atoms with van der Waals surface area (Å²) in [6.07, 6.45) is 1.83. The van der Waals surface area contributed by atoms with E-state index in [1.807, 2.05) is 0 Å². The summed E-state index contributed by atoms with van der Waals surface area (Å²) in [7, 11) is -3.74. The van der Waals surface area contributed by atoms with Crippen molar-refractivity contribution in [3.8, 4) is 5.75 Å². The molecule has 2 amide bonds. The van der Waals surface area contributed by atoms with Gasteiger partial charge in [0.1, 0.15) is 5.75 Å². The molecule has 1 fully saturated rings. The second-order valence-corrected chi connectivity index (χ2v) is 9.31. The number of ether oxygens (including phenoxy) is 1. The van der Waals surface area contributed by atoms with Crippen molar-refractivity contribution in [1.29, 1.82) is 0 Å². The van der Waals surface area contributed by atoms with Crippen LogP contribution >= 0.6 is 0 Å². The van der Waals surface area contributed by atoms with Crippen LogP contribution in [0.1, 0.15) is 12.8 Å². The van der Waals surface area contributed by atoms with Gasteiger partial charge in [-0.2, -0.15) is 0 Å². The average Bonchev–Trinajstić information content (AvgIpc) is 3.64. The summed E-state index contributed by atoms with van der Waals surface area (Å²) in [5.74, 6) is 0.137. The molecule has 8 nitrogen and oxygen atoms in total. The summed E-state index contributed by atoms with van der Waals surface area (Å²) in [6, 6.07) is 21.3. The minimum atomic E-state index is -3.74. The molecule has 0 atom stereocenters. The largest absolute Gasteiger partial charge is 0.484 e. The molecule has 3 N–H and O–H groups in total. The number of amides is 2. The molecule has 1 aliphatic carbocycles. The Morgan fingerprint density at radius 3 is 2.21 bits per heavy atom. The van der Waals surface area contributed by atoms with Gasteiger partial charge in [0, 0.05) is 29.0 Å². The van der Waals surface area contributed by atoms with Crippen molar-refractivity contribution in [1.82, 2.24) is 0 Å². The van der Waals surface area contributed by atoms with Gasteiger partial charge >= 0.3 is 0 Å². The molecule has 33 heavy (non-hydrogen) atoms. The number of carbonyl (C=O) groups is 2. The van der Waals surface area contributed by atoms with Crippen LogP contribution in [0.3, 0.4) is 0 Å². The normalized spacial score (nSPS) is 13.1. The molecular weight excluding hydrogens is 442 g/mol. The van der Waals surface area contributed by atoms with Crippen LogP contribution in [-0.4, -0.2) is 26.8 Å². The first kappa shape index (κ1) is 22.3. The number of hydrogen-bond donors (Lipinski definition) is 3. The standard InChI is InChI=1S/C24H23N3O5S/c28-23(16-32-21-8-4-7-20(15-21)26-24(29)17-9-10-17)25-18-11-13-22(14-12-18)33(30,31)27-19-5-2-1-3-6-19/h1-8,11-15,17,27H,9-10,16H2,(H,25,28)(H,26,29). The fourth-order valence-electron chi connectivity index (χ4n) is 3.04. The fourth-order valence-corrected chi connectivity index (χ4v) is 4.10. The zero-order valence-electron chi connectivity index (χ0n) is 17.7. The van der Waals surface area contributed by atoms with Gasteiger partial charge in [0.15, 0.2) is 6.61 Å². The topological polar surface area (TPSA) is 114 Å². The second-order valence-electron chi connectivity index (χ2n) is 7.62. The number of benzene rings is 3. The number of carbonyl (C=O) groups excluding carboxylic acids is 2. The van der Waals surface area contributed by atoms with E-state index < -0.39 is 15.9 Å². The Labute approximate surface area is 192 Å². The van der Waals surface area contributed by atoms with Crippen LogP contribution in [0.5, 0.6) is 5.75 Å².